The monoisotopic (exact) mass is 410 g/mol. The van der Waals surface area contributed by atoms with Crippen molar-refractivity contribution < 1.29 is 4.84 Å². The van der Waals surface area contributed by atoms with Crippen LogP contribution in [0.3, 0.4) is 0 Å². The van der Waals surface area contributed by atoms with Gasteiger partial charge in [0.1, 0.15) is 6.61 Å². The van der Waals surface area contributed by atoms with Crippen molar-refractivity contribution in [2.24, 2.45) is 5.16 Å². The van der Waals surface area contributed by atoms with E-state index in [-0.39, 0.29) is 0 Å². The van der Waals surface area contributed by atoms with Crippen LogP contribution < -0.4 is 0 Å². The van der Waals surface area contributed by atoms with Gasteiger partial charge >= 0.3 is 0 Å². The molecule has 0 radical (unpaired) electrons. The minimum Gasteiger partial charge on any atom is -0.394 e. The Balaban J connectivity index is 1.85. The Hall–Kier alpha value is -2.63. The van der Waals surface area contributed by atoms with Gasteiger partial charge in [-0.15, -0.1) is 0 Å². The highest BCUT2D eigenvalue weighted by Crippen LogP contribution is 2.16. The van der Waals surface area contributed by atoms with Gasteiger partial charge in [0.15, 0.2) is 11.5 Å². The lowest BCUT2D eigenvalue weighted by atomic mass is 10.1. The second-order valence-corrected chi connectivity index (χ2v) is 7.11. The van der Waals surface area contributed by atoms with Crippen LogP contribution in [-0.2, 0) is 11.4 Å². The van der Waals surface area contributed by atoms with Crippen molar-refractivity contribution >= 4 is 17.3 Å². The van der Waals surface area contributed by atoms with Gasteiger partial charge in [-0.1, -0.05) is 73.1 Å². The van der Waals surface area contributed by atoms with Gasteiger partial charge in [0.05, 0.1) is 0 Å². The summed E-state index contributed by atoms with van der Waals surface area (Å²) in [5.41, 5.74) is 2.81. The third kappa shape index (κ3) is 5.92. The second kappa shape index (κ2) is 10.8. The van der Waals surface area contributed by atoms with E-state index in [1.54, 1.807) is 6.20 Å². The van der Waals surface area contributed by atoms with Gasteiger partial charge in [-0.3, -0.25) is 0 Å². The summed E-state index contributed by atoms with van der Waals surface area (Å²) in [7, 11) is 0. The fourth-order valence-corrected chi connectivity index (χ4v) is 3.21. The normalized spacial score (nSPS) is 11.8. The highest BCUT2D eigenvalue weighted by atomic mass is 35.5. The Morgan fingerprint density at radius 1 is 1.07 bits per heavy atom. The van der Waals surface area contributed by atoms with E-state index in [2.05, 4.69) is 45.6 Å². The highest BCUT2D eigenvalue weighted by molar-refractivity contribution is 6.30. The molecule has 0 N–H and O–H groups in total. The molecule has 0 fully saturated rings. The van der Waals surface area contributed by atoms with E-state index in [4.69, 9.17) is 16.4 Å². The molecule has 0 amide bonds. The molecular weight excluding hydrogens is 384 g/mol. The van der Waals surface area contributed by atoms with Crippen LogP contribution in [-0.4, -0.2) is 46.4 Å². The SMILES string of the molecule is CCN(CC)CCO/N=C(/c1ccc(Cl)cc1)c1nccn1Cc1ccccc1. The average Bonchev–Trinajstić information content (AvgIpc) is 3.20. The Bertz CT molecular complexity index is 902. The lowest BCUT2D eigenvalue weighted by molar-refractivity contribution is 0.114. The van der Waals surface area contributed by atoms with E-state index in [1.165, 1.54) is 5.56 Å². The van der Waals surface area contributed by atoms with Gasteiger partial charge < -0.3 is 14.3 Å². The van der Waals surface area contributed by atoms with Crippen molar-refractivity contribution in [3.8, 4) is 0 Å². The number of rotatable bonds is 10. The quantitative estimate of drug-likeness (QED) is 0.276. The Kier molecular flexibility index (Phi) is 7.85. The van der Waals surface area contributed by atoms with Crippen LogP contribution in [0.2, 0.25) is 5.02 Å². The molecule has 0 aliphatic rings. The summed E-state index contributed by atoms with van der Waals surface area (Å²) >= 11 is 6.08. The van der Waals surface area contributed by atoms with Gasteiger partial charge in [0.2, 0.25) is 0 Å². The molecule has 29 heavy (non-hydrogen) atoms. The number of imidazole rings is 1. The zero-order valence-electron chi connectivity index (χ0n) is 17.0. The first-order valence-electron chi connectivity index (χ1n) is 9.95. The first-order chi connectivity index (χ1) is 14.2. The summed E-state index contributed by atoms with van der Waals surface area (Å²) in [6, 6.07) is 17.9. The average molecular weight is 411 g/mol. The van der Waals surface area contributed by atoms with E-state index < -0.39 is 0 Å². The number of benzene rings is 2. The first-order valence-corrected chi connectivity index (χ1v) is 10.3. The molecule has 0 saturated heterocycles. The van der Waals surface area contributed by atoms with Crippen molar-refractivity contribution in [2.75, 3.05) is 26.2 Å². The number of likely N-dealkylation sites (N-methyl/N-ethyl adjacent to an activating group) is 1. The van der Waals surface area contributed by atoms with Crippen molar-refractivity contribution in [1.29, 1.82) is 0 Å². The zero-order chi connectivity index (χ0) is 20.5. The van der Waals surface area contributed by atoms with Gasteiger partial charge in [-0.05, 0) is 30.8 Å². The maximum absolute atomic E-state index is 6.08. The molecule has 0 atom stereocenters. The van der Waals surface area contributed by atoms with Crippen LogP contribution in [0.15, 0.2) is 72.1 Å². The molecule has 1 heterocycles. The molecular formula is C23H27ClN4O. The van der Waals surface area contributed by atoms with Crippen molar-refractivity contribution in [3.63, 3.8) is 0 Å². The molecule has 1 aromatic heterocycles. The van der Waals surface area contributed by atoms with E-state index in [0.29, 0.717) is 23.9 Å². The van der Waals surface area contributed by atoms with E-state index >= 15 is 0 Å². The van der Waals surface area contributed by atoms with E-state index in [0.717, 1.165) is 31.0 Å². The minimum absolute atomic E-state index is 0.526. The molecule has 2 aromatic carbocycles. The van der Waals surface area contributed by atoms with Crippen LogP contribution in [0.25, 0.3) is 0 Å². The minimum atomic E-state index is 0.526. The van der Waals surface area contributed by atoms with Gasteiger partial charge in [0, 0.05) is 36.1 Å². The fourth-order valence-electron chi connectivity index (χ4n) is 3.08. The van der Waals surface area contributed by atoms with Gasteiger partial charge in [-0.2, -0.15) is 0 Å². The van der Waals surface area contributed by atoms with Gasteiger partial charge in [-0.25, -0.2) is 4.98 Å². The number of nitrogens with zero attached hydrogens (tertiary/aromatic N) is 4. The number of hydrogen-bond donors (Lipinski definition) is 0. The number of hydrogen-bond acceptors (Lipinski definition) is 4. The van der Waals surface area contributed by atoms with E-state index in [9.17, 15) is 0 Å². The lowest BCUT2D eigenvalue weighted by Crippen LogP contribution is -2.26. The van der Waals surface area contributed by atoms with Crippen molar-refractivity contribution in [1.82, 2.24) is 14.5 Å². The second-order valence-electron chi connectivity index (χ2n) is 6.67. The van der Waals surface area contributed by atoms with Gasteiger partial charge in [0.25, 0.3) is 0 Å². The molecule has 0 bridgehead atoms. The van der Waals surface area contributed by atoms with Crippen molar-refractivity contribution in [3.05, 3.63) is 89.0 Å². The third-order valence-electron chi connectivity index (χ3n) is 4.79. The summed E-state index contributed by atoms with van der Waals surface area (Å²) in [5.74, 6) is 0.763. The molecule has 3 aromatic rings. The summed E-state index contributed by atoms with van der Waals surface area (Å²) in [5, 5.41) is 5.16. The van der Waals surface area contributed by atoms with Crippen LogP contribution >= 0.6 is 11.6 Å². The predicted octanol–water partition coefficient (Wildman–Crippen LogP) is 4.70. The first kappa shape index (κ1) is 21.1. The maximum Gasteiger partial charge on any atom is 0.163 e. The fraction of sp³-hybridized carbons (Fsp3) is 0.304. The van der Waals surface area contributed by atoms with E-state index in [1.807, 2.05) is 48.7 Å². The van der Waals surface area contributed by atoms with Crippen LogP contribution in [0.4, 0.5) is 0 Å². The predicted molar refractivity (Wildman–Crippen MR) is 119 cm³/mol. The Morgan fingerprint density at radius 3 is 2.48 bits per heavy atom. The Morgan fingerprint density at radius 2 is 1.79 bits per heavy atom. The summed E-state index contributed by atoms with van der Waals surface area (Å²) in [6.07, 6.45) is 3.75. The standard InChI is InChI=1S/C23H27ClN4O/c1-3-27(4-2)16-17-29-26-22(20-10-12-21(24)13-11-20)23-25-14-15-28(23)18-19-8-6-5-7-9-19/h5-15H,3-4,16-18H2,1-2H3/b26-22-. The highest BCUT2D eigenvalue weighted by Gasteiger charge is 2.15. The van der Waals surface area contributed by atoms with Crippen LogP contribution in [0.5, 0.6) is 0 Å². The lowest BCUT2D eigenvalue weighted by Gasteiger charge is -2.17. The molecule has 0 aliphatic heterocycles. The molecule has 6 heteroatoms. The Labute approximate surface area is 177 Å². The summed E-state index contributed by atoms with van der Waals surface area (Å²) < 4.78 is 2.08. The molecule has 152 valence electrons. The molecule has 5 nitrogen and oxygen atoms in total. The number of oxime groups is 1. The molecule has 0 saturated carbocycles. The number of halogens is 1. The van der Waals surface area contributed by atoms with Crippen molar-refractivity contribution in [2.45, 2.75) is 20.4 Å². The molecule has 3 rings (SSSR count). The third-order valence-corrected chi connectivity index (χ3v) is 5.04. The largest absolute Gasteiger partial charge is 0.394 e. The zero-order valence-corrected chi connectivity index (χ0v) is 17.7. The molecule has 0 aliphatic carbocycles. The molecule has 0 unspecified atom stereocenters. The summed E-state index contributed by atoms with van der Waals surface area (Å²) in [4.78, 5) is 12.6. The maximum atomic E-state index is 6.08. The summed E-state index contributed by atoms with van der Waals surface area (Å²) in [6.45, 7) is 8.35. The number of aromatic nitrogens is 2. The topological polar surface area (TPSA) is 42.6 Å². The smallest absolute Gasteiger partial charge is 0.163 e. The van der Waals surface area contributed by atoms with Crippen LogP contribution in [0.1, 0.15) is 30.8 Å². The molecule has 0 spiro atoms. The van der Waals surface area contributed by atoms with Crippen LogP contribution in [0, 0.1) is 0 Å².